The second-order valence-electron chi connectivity index (χ2n) is 7.12. The van der Waals surface area contributed by atoms with Crippen LogP contribution in [0.2, 0.25) is 0 Å². The van der Waals surface area contributed by atoms with Crippen molar-refractivity contribution < 1.29 is 0 Å². The average Bonchev–Trinajstić information content (AvgIpc) is 3.15. The molecule has 3 heteroatoms. The van der Waals surface area contributed by atoms with Crippen molar-refractivity contribution in [2.45, 2.75) is 76.9 Å². The monoisotopic (exact) mass is 287 g/mol. The van der Waals surface area contributed by atoms with E-state index in [1.54, 1.807) is 0 Å². The predicted molar refractivity (Wildman–Crippen MR) is 88.8 cm³/mol. The van der Waals surface area contributed by atoms with Crippen molar-refractivity contribution in [1.82, 2.24) is 10.3 Å². The highest BCUT2D eigenvalue weighted by Crippen LogP contribution is 2.28. The molecule has 2 aliphatic rings. The summed E-state index contributed by atoms with van der Waals surface area (Å²) < 4.78 is 0. The maximum Gasteiger partial charge on any atom is 0.129 e. The van der Waals surface area contributed by atoms with Crippen molar-refractivity contribution in [2.75, 3.05) is 11.9 Å². The molecule has 0 radical (unpaired) electrons. The summed E-state index contributed by atoms with van der Waals surface area (Å²) in [5.74, 6) is 1.65. The number of nitrogens with one attached hydrogen (secondary N) is 1. The van der Waals surface area contributed by atoms with Gasteiger partial charge in [0.15, 0.2) is 0 Å². The molecular weight excluding hydrogens is 258 g/mol. The van der Waals surface area contributed by atoms with E-state index in [1.807, 2.05) is 0 Å². The zero-order valence-electron chi connectivity index (χ0n) is 13.7. The molecule has 1 N–H and O–H groups in total. The summed E-state index contributed by atoms with van der Waals surface area (Å²) in [6, 6.07) is 6.02. The molecule has 21 heavy (non-hydrogen) atoms. The van der Waals surface area contributed by atoms with Crippen LogP contribution < -0.4 is 10.2 Å². The molecule has 2 aliphatic carbocycles. The van der Waals surface area contributed by atoms with Crippen LogP contribution in [0.4, 0.5) is 5.82 Å². The van der Waals surface area contributed by atoms with Gasteiger partial charge in [0.25, 0.3) is 0 Å². The van der Waals surface area contributed by atoms with Crippen molar-refractivity contribution in [3.63, 3.8) is 0 Å². The summed E-state index contributed by atoms with van der Waals surface area (Å²) >= 11 is 0. The zero-order valence-corrected chi connectivity index (χ0v) is 13.7. The molecule has 2 fully saturated rings. The standard InChI is InChI=1S/C18H29N3/c1-13(2)17-10-14(12-19-15-8-9-15)11-18(20-17)21(3)16-6-4-5-7-16/h10-11,13,15-16,19H,4-9,12H2,1-3H3. The molecule has 1 aromatic rings. The van der Waals surface area contributed by atoms with Crippen molar-refractivity contribution in [3.8, 4) is 0 Å². The lowest BCUT2D eigenvalue weighted by atomic mass is 10.1. The number of nitrogens with zero attached hydrogens (tertiary/aromatic N) is 2. The normalized spacial score (nSPS) is 19.4. The van der Waals surface area contributed by atoms with Gasteiger partial charge in [-0.05, 0) is 49.3 Å². The maximum absolute atomic E-state index is 4.92. The molecule has 0 aromatic carbocycles. The van der Waals surface area contributed by atoms with E-state index in [4.69, 9.17) is 4.98 Å². The second kappa shape index (κ2) is 6.35. The van der Waals surface area contributed by atoms with E-state index < -0.39 is 0 Å². The van der Waals surface area contributed by atoms with Crippen LogP contribution >= 0.6 is 0 Å². The highest BCUT2D eigenvalue weighted by molar-refractivity contribution is 5.44. The first kappa shape index (κ1) is 14.8. The van der Waals surface area contributed by atoms with Crippen molar-refractivity contribution in [1.29, 1.82) is 0 Å². The Morgan fingerprint density at radius 3 is 2.52 bits per heavy atom. The topological polar surface area (TPSA) is 28.2 Å². The molecule has 3 nitrogen and oxygen atoms in total. The predicted octanol–water partition coefficient (Wildman–Crippen LogP) is 3.84. The molecule has 3 rings (SSSR count). The summed E-state index contributed by atoms with van der Waals surface area (Å²) in [5, 5.41) is 3.63. The fourth-order valence-corrected chi connectivity index (χ4v) is 3.20. The lowest BCUT2D eigenvalue weighted by Gasteiger charge is -2.27. The quantitative estimate of drug-likeness (QED) is 0.861. The fraction of sp³-hybridized carbons (Fsp3) is 0.722. The first-order chi connectivity index (χ1) is 10.1. The molecule has 1 heterocycles. The van der Waals surface area contributed by atoms with Gasteiger partial charge in [-0.25, -0.2) is 4.98 Å². The Morgan fingerprint density at radius 2 is 1.90 bits per heavy atom. The van der Waals surface area contributed by atoms with Crippen LogP contribution in [0.1, 0.15) is 69.5 Å². The van der Waals surface area contributed by atoms with Crippen LogP contribution in [0.25, 0.3) is 0 Å². The highest BCUT2D eigenvalue weighted by atomic mass is 15.2. The van der Waals surface area contributed by atoms with Crippen LogP contribution in [-0.2, 0) is 6.54 Å². The highest BCUT2D eigenvalue weighted by Gasteiger charge is 2.23. The number of hydrogen-bond donors (Lipinski definition) is 1. The summed E-state index contributed by atoms with van der Waals surface area (Å²) in [6.07, 6.45) is 8.07. The molecule has 0 atom stereocenters. The van der Waals surface area contributed by atoms with Crippen LogP contribution in [0.5, 0.6) is 0 Å². The average molecular weight is 287 g/mol. The van der Waals surface area contributed by atoms with Gasteiger partial charge >= 0.3 is 0 Å². The largest absolute Gasteiger partial charge is 0.357 e. The number of anilines is 1. The van der Waals surface area contributed by atoms with Gasteiger partial charge in [-0.3, -0.25) is 0 Å². The SMILES string of the molecule is CC(C)c1cc(CNC2CC2)cc(N(C)C2CCCC2)n1. The molecule has 0 unspecified atom stereocenters. The summed E-state index contributed by atoms with van der Waals surface area (Å²) in [4.78, 5) is 7.33. The molecule has 0 spiro atoms. The van der Waals surface area contributed by atoms with Crippen molar-refractivity contribution in [2.24, 2.45) is 0 Å². The summed E-state index contributed by atoms with van der Waals surface area (Å²) in [6.45, 7) is 5.46. The van der Waals surface area contributed by atoms with Gasteiger partial charge in [0, 0.05) is 31.4 Å². The van der Waals surface area contributed by atoms with E-state index in [0.29, 0.717) is 12.0 Å². The van der Waals surface area contributed by atoms with E-state index >= 15 is 0 Å². The minimum absolute atomic E-state index is 0.488. The Bertz CT molecular complexity index is 473. The van der Waals surface area contributed by atoms with E-state index in [2.05, 4.69) is 43.2 Å². The van der Waals surface area contributed by atoms with Gasteiger partial charge in [0.05, 0.1) is 0 Å². The number of hydrogen-bond acceptors (Lipinski definition) is 3. The number of aromatic nitrogens is 1. The second-order valence-corrected chi connectivity index (χ2v) is 7.12. The Hall–Kier alpha value is -1.09. The maximum atomic E-state index is 4.92. The molecule has 0 bridgehead atoms. The van der Waals surface area contributed by atoms with Crippen LogP contribution in [-0.4, -0.2) is 24.1 Å². The first-order valence-electron chi connectivity index (χ1n) is 8.60. The third kappa shape index (κ3) is 3.76. The molecule has 116 valence electrons. The minimum Gasteiger partial charge on any atom is -0.357 e. The first-order valence-corrected chi connectivity index (χ1v) is 8.60. The Balaban J connectivity index is 1.79. The third-order valence-corrected chi connectivity index (χ3v) is 4.89. The van der Waals surface area contributed by atoms with E-state index in [9.17, 15) is 0 Å². The van der Waals surface area contributed by atoms with Gasteiger partial charge < -0.3 is 10.2 Å². The van der Waals surface area contributed by atoms with Crippen LogP contribution in [0.15, 0.2) is 12.1 Å². The number of rotatable bonds is 6. The molecule has 0 saturated heterocycles. The molecule has 0 aliphatic heterocycles. The van der Waals surface area contributed by atoms with Gasteiger partial charge in [0.1, 0.15) is 5.82 Å². The fourth-order valence-electron chi connectivity index (χ4n) is 3.20. The number of pyridine rings is 1. The smallest absolute Gasteiger partial charge is 0.129 e. The Morgan fingerprint density at radius 1 is 1.19 bits per heavy atom. The van der Waals surface area contributed by atoms with Crippen molar-refractivity contribution in [3.05, 3.63) is 23.4 Å². The van der Waals surface area contributed by atoms with E-state index in [1.165, 1.54) is 55.6 Å². The van der Waals surface area contributed by atoms with Crippen molar-refractivity contribution >= 4 is 5.82 Å². The van der Waals surface area contributed by atoms with Crippen LogP contribution in [0, 0.1) is 0 Å². The van der Waals surface area contributed by atoms with E-state index in [-0.39, 0.29) is 0 Å². The lowest BCUT2D eigenvalue weighted by Crippen LogP contribution is -2.30. The van der Waals surface area contributed by atoms with Gasteiger partial charge in [-0.15, -0.1) is 0 Å². The minimum atomic E-state index is 0.488. The zero-order chi connectivity index (χ0) is 14.8. The van der Waals surface area contributed by atoms with Gasteiger partial charge in [0.2, 0.25) is 0 Å². The van der Waals surface area contributed by atoms with E-state index in [0.717, 1.165) is 12.6 Å². The van der Waals surface area contributed by atoms with Crippen LogP contribution in [0.3, 0.4) is 0 Å². The summed E-state index contributed by atoms with van der Waals surface area (Å²) in [5.41, 5.74) is 2.62. The summed E-state index contributed by atoms with van der Waals surface area (Å²) in [7, 11) is 2.22. The molecule has 0 amide bonds. The lowest BCUT2D eigenvalue weighted by molar-refractivity contribution is 0.640. The van der Waals surface area contributed by atoms with Gasteiger partial charge in [-0.1, -0.05) is 26.7 Å². The third-order valence-electron chi connectivity index (χ3n) is 4.89. The molecular formula is C18H29N3. The Kier molecular flexibility index (Phi) is 4.48. The van der Waals surface area contributed by atoms with Gasteiger partial charge in [-0.2, -0.15) is 0 Å². The Labute approximate surface area is 129 Å². The molecule has 2 saturated carbocycles. The molecule has 1 aromatic heterocycles.